The minimum absolute atomic E-state index is 0.0252. The summed E-state index contributed by atoms with van der Waals surface area (Å²) in [6.07, 6.45) is 0. The Bertz CT molecular complexity index is 1070. The largest absolute Gasteiger partial charge is 0.464 e. The molecule has 2 aromatic carbocycles. The minimum atomic E-state index is -0.631. The fourth-order valence-corrected chi connectivity index (χ4v) is 3.96. The van der Waals surface area contributed by atoms with Gasteiger partial charge in [0, 0.05) is 26.6 Å². The standard InChI is InChI=1S/C21H27FN2O4P4/c1-11-6-5-7-13(19(24-27-4)20(25)26-3)15(11)10-28-23-12(2)14-8-17(22)18(29)9-16(14)21(30,31)32/h5-9H,10,29-32H2,1-4H3/b23-12+,24-19+. The number of nitrogens with zero attached hydrogens (tertiary/aromatic N) is 2. The zero-order valence-corrected chi connectivity index (χ0v) is 22.9. The first-order valence-electron chi connectivity index (χ1n) is 9.42. The number of methoxy groups -OCH3 is 1. The molecule has 0 heterocycles. The van der Waals surface area contributed by atoms with E-state index in [4.69, 9.17) is 14.4 Å². The Labute approximate surface area is 196 Å². The lowest BCUT2D eigenvalue weighted by Crippen LogP contribution is -2.20. The number of hydrogen-bond donors (Lipinski definition) is 0. The van der Waals surface area contributed by atoms with Gasteiger partial charge in [0.15, 0.2) is 5.71 Å². The molecule has 6 nitrogen and oxygen atoms in total. The average molecular weight is 514 g/mol. The number of rotatable bonds is 8. The van der Waals surface area contributed by atoms with E-state index < -0.39 is 10.6 Å². The number of ether oxygens (including phenoxy) is 1. The Kier molecular flexibility index (Phi) is 9.68. The van der Waals surface area contributed by atoms with Crippen LogP contribution in [0.5, 0.6) is 0 Å². The molecule has 0 aromatic heterocycles. The van der Waals surface area contributed by atoms with Crippen LogP contribution in [-0.2, 0) is 30.5 Å². The van der Waals surface area contributed by atoms with Crippen molar-refractivity contribution < 1.29 is 23.6 Å². The number of esters is 1. The van der Waals surface area contributed by atoms with Gasteiger partial charge in [-0.05, 0) is 37.1 Å². The second kappa shape index (κ2) is 11.6. The number of aryl methyl sites for hydroxylation is 1. The van der Waals surface area contributed by atoms with E-state index in [-0.39, 0.29) is 18.1 Å². The molecular formula is C21H27FN2O4P4. The van der Waals surface area contributed by atoms with Crippen molar-refractivity contribution in [3.8, 4) is 0 Å². The Hall–Kier alpha value is -1.50. The molecule has 0 amide bonds. The van der Waals surface area contributed by atoms with E-state index in [0.717, 1.165) is 11.1 Å². The van der Waals surface area contributed by atoms with E-state index in [1.807, 2.05) is 13.0 Å². The van der Waals surface area contributed by atoms with Gasteiger partial charge in [-0.15, -0.1) is 37.0 Å². The summed E-state index contributed by atoms with van der Waals surface area (Å²) in [6, 6.07) is 8.61. The predicted octanol–water partition coefficient (Wildman–Crippen LogP) is 3.83. The summed E-state index contributed by atoms with van der Waals surface area (Å²) >= 11 is 0. The monoisotopic (exact) mass is 514 g/mol. The SMILES string of the molecule is CO/N=C(/C(=O)OC)c1cccc(C)c1CO/N=C(\C)c1cc(F)c(P)cc1C(P)(P)P. The van der Waals surface area contributed by atoms with Crippen molar-refractivity contribution >= 4 is 59.7 Å². The van der Waals surface area contributed by atoms with Crippen molar-refractivity contribution in [2.75, 3.05) is 14.2 Å². The van der Waals surface area contributed by atoms with Crippen LogP contribution >= 0.6 is 37.0 Å². The second-order valence-corrected chi connectivity index (χ2v) is 12.5. The smallest absolute Gasteiger partial charge is 0.360 e. The molecule has 4 unspecified atom stereocenters. The molecule has 2 rings (SSSR count). The van der Waals surface area contributed by atoms with Crippen molar-refractivity contribution in [3.05, 3.63) is 64.0 Å². The van der Waals surface area contributed by atoms with E-state index in [0.29, 0.717) is 27.7 Å². The lowest BCUT2D eigenvalue weighted by Gasteiger charge is -2.23. The highest BCUT2D eigenvalue weighted by Crippen LogP contribution is 2.46. The zero-order valence-electron chi connectivity index (χ0n) is 18.3. The number of halogens is 1. The minimum Gasteiger partial charge on any atom is -0.464 e. The van der Waals surface area contributed by atoms with Gasteiger partial charge in [0.1, 0.15) is 19.5 Å². The topological polar surface area (TPSA) is 69.5 Å². The molecule has 0 saturated carbocycles. The normalized spacial score (nSPS) is 12.5. The number of carbonyl (C=O) groups is 1. The third kappa shape index (κ3) is 6.52. The van der Waals surface area contributed by atoms with Gasteiger partial charge in [-0.2, -0.15) is 0 Å². The lowest BCUT2D eigenvalue weighted by atomic mass is 9.99. The highest BCUT2D eigenvalue weighted by atomic mass is 31.1. The van der Waals surface area contributed by atoms with E-state index in [2.05, 4.69) is 47.3 Å². The molecule has 0 spiro atoms. The molecule has 172 valence electrons. The summed E-state index contributed by atoms with van der Waals surface area (Å²) in [6.45, 7) is 3.70. The summed E-state index contributed by atoms with van der Waals surface area (Å²) in [5.41, 5.74) is 4.10. The number of carbonyl (C=O) groups excluding carboxylic acids is 1. The van der Waals surface area contributed by atoms with Gasteiger partial charge in [0.05, 0.1) is 12.8 Å². The van der Waals surface area contributed by atoms with Gasteiger partial charge in [-0.25, -0.2) is 9.18 Å². The Morgan fingerprint density at radius 3 is 2.41 bits per heavy atom. The molecule has 0 saturated heterocycles. The second-order valence-electron chi connectivity index (χ2n) is 7.02. The zero-order chi connectivity index (χ0) is 24.1. The Balaban J connectivity index is 2.40. The van der Waals surface area contributed by atoms with E-state index >= 15 is 0 Å². The van der Waals surface area contributed by atoms with Crippen LogP contribution in [0.2, 0.25) is 0 Å². The van der Waals surface area contributed by atoms with Crippen LogP contribution in [0.3, 0.4) is 0 Å². The third-order valence-corrected chi connectivity index (χ3v) is 6.01. The summed E-state index contributed by atoms with van der Waals surface area (Å²) < 4.78 is 18.6. The fourth-order valence-electron chi connectivity index (χ4n) is 2.99. The van der Waals surface area contributed by atoms with Crippen molar-refractivity contribution in [1.29, 1.82) is 0 Å². The first kappa shape index (κ1) is 26.7. The lowest BCUT2D eigenvalue weighted by molar-refractivity contribution is -0.132. The predicted molar refractivity (Wildman–Crippen MR) is 140 cm³/mol. The van der Waals surface area contributed by atoms with E-state index in [1.54, 1.807) is 25.1 Å². The number of hydrogen-bond acceptors (Lipinski definition) is 6. The molecule has 0 N–H and O–H groups in total. The molecule has 0 bridgehead atoms. The summed E-state index contributed by atoms with van der Waals surface area (Å²) in [5.74, 6) is -0.985. The highest BCUT2D eigenvalue weighted by Gasteiger charge is 2.23. The fraction of sp³-hybridized carbons (Fsp3) is 0.286. The van der Waals surface area contributed by atoms with Crippen LogP contribution in [0, 0.1) is 12.7 Å². The van der Waals surface area contributed by atoms with Crippen LogP contribution in [-0.4, -0.2) is 31.6 Å². The number of oxime groups is 2. The van der Waals surface area contributed by atoms with Crippen LogP contribution < -0.4 is 5.30 Å². The van der Waals surface area contributed by atoms with E-state index in [1.165, 1.54) is 20.3 Å². The molecule has 11 heteroatoms. The highest BCUT2D eigenvalue weighted by molar-refractivity contribution is 7.56. The maximum Gasteiger partial charge on any atom is 0.360 e. The molecule has 0 aliphatic heterocycles. The van der Waals surface area contributed by atoms with Gasteiger partial charge in [0.25, 0.3) is 0 Å². The van der Waals surface area contributed by atoms with Gasteiger partial charge in [0.2, 0.25) is 0 Å². The van der Waals surface area contributed by atoms with Crippen LogP contribution in [0.15, 0.2) is 40.6 Å². The van der Waals surface area contributed by atoms with Crippen molar-refractivity contribution in [3.63, 3.8) is 0 Å². The quantitative estimate of drug-likeness (QED) is 0.233. The Morgan fingerprint density at radius 1 is 1.12 bits per heavy atom. The van der Waals surface area contributed by atoms with E-state index in [9.17, 15) is 9.18 Å². The number of benzene rings is 2. The molecule has 0 fully saturated rings. The van der Waals surface area contributed by atoms with Crippen LogP contribution in [0.25, 0.3) is 0 Å². The van der Waals surface area contributed by atoms with Gasteiger partial charge >= 0.3 is 5.97 Å². The first-order valence-corrected chi connectivity index (χ1v) is 11.7. The maximum absolute atomic E-state index is 14.3. The maximum atomic E-state index is 14.3. The molecule has 0 aliphatic carbocycles. The molecule has 0 radical (unpaired) electrons. The average Bonchev–Trinajstić information content (AvgIpc) is 2.73. The molecule has 4 atom stereocenters. The van der Waals surface area contributed by atoms with Gasteiger partial charge in [-0.3, -0.25) is 0 Å². The summed E-state index contributed by atoms with van der Waals surface area (Å²) in [5, 5.41) is 8.49. The molecule has 2 aromatic rings. The van der Waals surface area contributed by atoms with Crippen LogP contribution in [0.4, 0.5) is 4.39 Å². The summed E-state index contributed by atoms with van der Waals surface area (Å²) in [7, 11) is 13.1. The first-order chi connectivity index (χ1) is 15.0. The van der Waals surface area contributed by atoms with Crippen molar-refractivity contribution in [2.24, 2.45) is 10.3 Å². The molecular weight excluding hydrogens is 487 g/mol. The van der Waals surface area contributed by atoms with Crippen LogP contribution in [0.1, 0.15) is 34.7 Å². The Morgan fingerprint density at radius 2 is 1.81 bits per heavy atom. The molecule has 0 aliphatic rings. The molecule has 32 heavy (non-hydrogen) atoms. The van der Waals surface area contributed by atoms with Crippen molar-refractivity contribution in [2.45, 2.75) is 25.1 Å². The summed E-state index contributed by atoms with van der Waals surface area (Å²) in [4.78, 5) is 22.6. The van der Waals surface area contributed by atoms with Crippen molar-refractivity contribution in [1.82, 2.24) is 0 Å². The van der Waals surface area contributed by atoms with Gasteiger partial charge in [-0.1, -0.05) is 28.5 Å². The third-order valence-electron chi connectivity index (χ3n) is 4.63. The van der Waals surface area contributed by atoms with Gasteiger partial charge < -0.3 is 14.4 Å².